The molecule has 0 aliphatic carbocycles. The van der Waals surface area contributed by atoms with Crippen LogP contribution in [0.2, 0.25) is 0 Å². The highest BCUT2D eigenvalue weighted by molar-refractivity contribution is 7.12. The van der Waals surface area contributed by atoms with Gasteiger partial charge in [-0.25, -0.2) is 0 Å². The van der Waals surface area contributed by atoms with E-state index >= 15 is 0 Å². The molecule has 5 nitrogen and oxygen atoms in total. The van der Waals surface area contributed by atoms with E-state index < -0.39 is 0 Å². The van der Waals surface area contributed by atoms with Crippen molar-refractivity contribution in [3.8, 4) is 0 Å². The van der Waals surface area contributed by atoms with Crippen LogP contribution in [0.5, 0.6) is 0 Å². The molecule has 1 atom stereocenters. The van der Waals surface area contributed by atoms with Crippen molar-refractivity contribution >= 4 is 23.2 Å². The van der Waals surface area contributed by atoms with Gasteiger partial charge in [0, 0.05) is 38.6 Å². The van der Waals surface area contributed by atoms with E-state index in [1.165, 1.54) is 11.3 Å². The van der Waals surface area contributed by atoms with Gasteiger partial charge in [0.1, 0.15) is 0 Å². The molecule has 0 bridgehead atoms. The van der Waals surface area contributed by atoms with E-state index in [4.69, 9.17) is 5.73 Å². The van der Waals surface area contributed by atoms with E-state index in [1.54, 1.807) is 4.90 Å². The van der Waals surface area contributed by atoms with Crippen molar-refractivity contribution < 1.29 is 9.59 Å². The Bertz CT molecular complexity index is 437. The van der Waals surface area contributed by atoms with Gasteiger partial charge in [-0.2, -0.15) is 0 Å². The molecule has 0 aromatic carbocycles. The van der Waals surface area contributed by atoms with E-state index in [1.807, 2.05) is 29.3 Å². The fourth-order valence-corrected chi connectivity index (χ4v) is 2.81. The number of hydrogen-bond acceptors (Lipinski definition) is 4. The first kappa shape index (κ1) is 14.0. The molecule has 0 radical (unpaired) electrons. The first-order valence-electron chi connectivity index (χ1n) is 6.44. The zero-order chi connectivity index (χ0) is 13.8. The Kier molecular flexibility index (Phi) is 4.55. The van der Waals surface area contributed by atoms with E-state index in [2.05, 4.69) is 0 Å². The number of carbonyl (C=O) groups excluding carboxylic acids is 2. The second-order valence-electron chi connectivity index (χ2n) is 4.83. The summed E-state index contributed by atoms with van der Waals surface area (Å²) >= 11 is 1.45. The van der Waals surface area contributed by atoms with Crippen LogP contribution in [0.4, 0.5) is 0 Å². The molecule has 19 heavy (non-hydrogen) atoms. The minimum atomic E-state index is -0.113. The smallest absolute Gasteiger partial charge is 0.264 e. The number of nitrogens with two attached hydrogens (primary N) is 1. The zero-order valence-corrected chi connectivity index (χ0v) is 11.9. The Labute approximate surface area is 117 Å². The Morgan fingerprint density at radius 3 is 2.47 bits per heavy atom. The van der Waals surface area contributed by atoms with Gasteiger partial charge < -0.3 is 15.5 Å². The van der Waals surface area contributed by atoms with Gasteiger partial charge in [0.15, 0.2) is 0 Å². The molecule has 1 fully saturated rings. The topological polar surface area (TPSA) is 66.6 Å². The maximum atomic E-state index is 12.1. The van der Waals surface area contributed by atoms with E-state index in [-0.39, 0.29) is 17.9 Å². The third kappa shape index (κ3) is 3.54. The molecular weight excluding hydrogens is 262 g/mol. The van der Waals surface area contributed by atoms with Crippen molar-refractivity contribution in [2.75, 3.05) is 26.2 Å². The lowest BCUT2D eigenvalue weighted by molar-refractivity contribution is -0.132. The summed E-state index contributed by atoms with van der Waals surface area (Å²) in [6.07, 6.45) is 0.374. The summed E-state index contributed by atoms with van der Waals surface area (Å²) in [5.41, 5.74) is 5.63. The molecule has 0 spiro atoms. The second kappa shape index (κ2) is 6.16. The first-order chi connectivity index (χ1) is 9.08. The fourth-order valence-electron chi connectivity index (χ4n) is 2.12. The molecule has 2 amide bonds. The zero-order valence-electron chi connectivity index (χ0n) is 11.0. The molecule has 1 saturated heterocycles. The van der Waals surface area contributed by atoms with Crippen LogP contribution in [-0.2, 0) is 4.79 Å². The Morgan fingerprint density at radius 1 is 1.32 bits per heavy atom. The highest BCUT2D eigenvalue weighted by Gasteiger charge is 2.25. The lowest BCUT2D eigenvalue weighted by atomic mass is 10.2. The van der Waals surface area contributed by atoms with Gasteiger partial charge in [-0.05, 0) is 18.4 Å². The van der Waals surface area contributed by atoms with Crippen LogP contribution in [-0.4, -0.2) is 53.8 Å². The van der Waals surface area contributed by atoms with Gasteiger partial charge in [-0.3, -0.25) is 9.59 Å². The number of rotatable bonds is 3. The second-order valence-corrected chi connectivity index (χ2v) is 5.78. The molecule has 1 aromatic rings. The largest absolute Gasteiger partial charge is 0.339 e. The van der Waals surface area contributed by atoms with E-state index in [0.29, 0.717) is 32.6 Å². The van der Waals surface area contributed by atoms with Gasteiger partial charge in [0.2, 0.25) is 5.91 Å². The Hall–Kier alpha value is -1.40. The third-order valence-corrected chi connectivity index (χ3v) is 4.01. The van der Waals surface area contributed by atoms with Crippen LogP contribution in [0.15, 0.2) is 17.5 Å². The molecule has 104 valence electrons. The molecule has 2 heterocycles. The van der Waals surface area contributed by atoms with Crippen molar-refractivity contribution in [2.45, 2.75) is 19.4 Å². The van der Waals surface area contributed by atoms with Crippen molar-refractivity contribution in [1.29, 1.82) is 0 Å². The van der Waals surface area contributed by atoms with Crippen molar-refractivity contribution in [3.63, 3.8) is 0 Å². The molecule has 1 aromatic heterocycles. The summed E-state index contributed by atoms with van der Waals surface area (Å²) in [6, 6.07) is 3.60. The molecule has 0 saturated carbocycles. The number of carbonyl (C=O) groups is 2. The summed E-state index contributed by atoms with van der Waals surface area (Å²) in [5, 5.41) is 1.90. The predicted octanol–water partition coefficient (Wildman–Crippen LogP) is 0.770. The minimum absolute atomic E-state index is 0.0642. The maximum absolute atomic E-state index is 12.1. The highest BCUT2D eigenvalue weighted by atomic mass is 32.1. The van der Waals surface area contributed by atoms with Crippen LogP contribution >= 0.6 is 11.3 Å². The normalized spacial score (nSPS) is 17.4. The van der Waals surface area contributed by atoms with Crippen LogP contribution in [0.1, 0.15) is 23.0 Å². The van der Waals surface area contributed by atoms with Crippen LogP contribution in [0.25, 0.3) is 0 Å². The van der Waals surface area contributed by atoms with Crippen LogP contribution in [0.3, 0.4) is 0 Å². The molecule has 1 aliphatic rings. The summed E-state index contributed by atoms with van der Waals surface area (Å²) in [7, 11) is 0. The van der Waals surface area contributed by atoms with Crippen molar-refractivity contribution in [1.82, 2.24) is 9.80 Å². The van der Waals surface area contributed by atoms with Gasteiger partial charge in [0.05, 0.1) is 4.88 Å². The Balaban J connectivity index is 1.86. The van der Waals surface area contributed by atoms with Crippen LogP contribution < -0.4 is 5.73 Å². The average molecular weight is 281 g/mol. The fraction of sp³-hybridized carbons (Fsp3) is 0.538. The molecule has 2 N–H and O–H groups in total. The van der Waals surface area contributed by atoms with E-state index in [9.17, 15) is 9.59 Å². The summed E-state index contributed by atoms with van der Waals surface area (Å²) in [5.74, 6) is 0.146. The van der Waals surface area contributed by atoms with E-state index in [0.717, 1.165) is 4.88 Å². The van der Waals surface area contributed by atoms with Crippen molar-refractivity contribution in [2.24, 2.45) is 5.73 Å². The van der Waals surface area contributed by atoms with Gasteiger partial charge >= 0.3 is 0 Å². The monoisotopic (exact) mass is 281 g/mol. The lowest BCUT2D eigenvalue weighted by Crippen LogP contribution is -2.51. The molecular formula is C13H19N3O2S. The Morgan fingerprint density at radius 2 is 1.95 bits per heavy atom. The number of nitrogens with zero attached hydrogens (tertiary/aromatic N) is 2. The lowest BCUT2D eigenvalue weighted by Gasteiger charge is -2.34. The van der Waals surface area contributed by atoms with Gasteiger partial charge in [0.25, 0.3) is 5.91 Å². The van der Waals surface area contributed by atoms with Gasteiger partial charge in [-0.15, -0.1) is 11.3 Å². The SMILES string of the molecule is CC(N)CC(=O)N1CCN(C(=O)c2cccs2)CC1. The van der Waals surface area contributed by atoms with Crippen LogP contribution in [0, 0.1) is 0 Å². The molecule has 2 rings (SSSR count). The summed E-state index contributed by atoms with van der Waals surface area (Å²) in [6.45, 7) is 4.22. The maximum Gasteiger partial charge on any atom is 0.264 e. The third-order valence-electron chi connectivity index (χ3n) is 3.15. The molecule has 1 aliphatic heterocycles. The average Bonchev–Trinajstić information content (AvgIpc) is 2.91. The summed E-state index contributed by atoms with van der Waals surface area (Å²) in [4.78, 5) is 28.3. The van der Waals surface area contributed by atoms with Gasteiger partial charge in [-0.1, -0.05) is 6.07 Å². The minimum Gasteiger partial charge on any atom is -0.339 e. The molecule has 1 unspecified atom stereocenters. The molecule has 6 heteroatoms. The first-order valence-corrected chi connectivity index (χ1v) is 7.32. The van der Waals surface area contributed by atoms with Crippen molar-refractivity contribution in [3.05, 3.63) is 22.4 Å². The number of hydrogen-bond donors (Lipinski definition) is 1. The quantitative estimate of drug-likeness (QED) is 0.890. The standard InChI is InChI=1S/C13H19N3O2S/c1-10(14)9-12(17)15-4-6-16(7-5-15)13(18)11-3-2-8-19-11/h2-3,8,10H,4-7,9,14H2,1H3. The number of piperazine rings is 1. The number of amides is 2. The summed E-state index contributed by atoms with van der Waals surface area (Å²) < 4.78 is 0. The highest BCUT2D eigenvalue weighted by Crippen LogP contribution is 2.14. The number of thiophene rings is 1. The predicted molar refractivity (Wildman–Crippen MR) is 75.1 cm³/mol.